The molecule has 0 aliphatic carbocycles. The van der Waals surface area contributed by atoms with Crippen LogP contribution in [0.3, 0.4) is 0 Å². The number of sulfonamides is 1. The van der Waals surface area contributed by atoms with Crippen LogP contribution >= 0.6 is 11.6 Å². The predicted molar refractivity (Wildman–Crippen MR) is 158 cm³/mol. The lowest BCUT2D eigenvalue weighted by atomic mass is 10.1. The van der Waals surface area contributed by atoms with Gasteiger partial charge in [0, 0.05) is 18.1 Å². The summed E-state index contributed by atoms with van der Waals surface area (Å²) in [5.74, 6) is -0.465. The molecule has 0 aromatic heterocycles. The Labute approximate surface area is 241 Å². The molecule has 2 amide bonds. The molecule has 0 saturated carbocycles. The zero-order valence-corrected chi connectivity index (χ0v) is 24.6. The Balaban J connectivity index is 2.05. The Morgan fingerprint density at radius 2 is 1.57 bits per heavy atom. The molecular weight excluding hydrogens is 550 g/mol. The normalized spacial score (nSPS) is 11.9. The third-order valence-electron chi connectivity index (χ3n) is 6.34. The van der Waals surface area contributed by atoms with Crippen LogP contribution in [0.4, 0.5) is 5.69 Å². The molecule has 0 aliphatic rings. The molecule has 0 bridgehead atoms. The lowest BCUT2D eigenvalue weighted by Gasteiger charge is -2.33. The van der Waals surface area contributed by atoms with Crippen LogP contribution in [0, 0.1) is 0 Å². The van der Waals surface area contributed by atoms with Crippen molar-refractivity contribution >= 4 is 39.1 Å². The molecule has 3 aromatic rings. The summed E-state index contributed by atoms with van der Waals surface area (Å²) in [7, 11) is -4.22. The molecule has 0 saturated heterocycles. The van der Waals surface area contributed by atoms with Gasteiger partial charge in [-0.15, -0.1) is 0 Å². The van der Waals surface area contributed by atoms with Crippen LogP contribution in [-0.4, -0.2) is 57.4 Å². The number of para-hydroxylation sites is 2. The second kappa shape index (κ2) is 14.7. The van der Waals surface area contributed by atoms with E-state index in [0.29, 0.717) is 36.8 Å². The summed E-state index contributed by atoms with van der Waals surface area (Å²) in [6, 6.07) is 21.3. The Hall–Kier alpha value is -3.56. The highest BCUT2D eigenvalue weighted by molar-refractivity contribution is 7.92. The van der Waals surface area contributed by atoms with Crippen molar-refractivity contribution in [3.63, 3.8) is 0 Å². The summed E-state index contributed by atoms with van der Waals surface area (Å²) in [6.45, 7) is 5.86. The van der Waals surface area contributed by atoms with Crippen molar-refractivity contribution in [3.05, 3.63) is 89.4 Å². The standard InChI is InChI=1S/C30H36ClN3O5S/c1-4-26(30(36)32-5-2)33(21-20-23-12-8-7-9-13-23)29(35)22-34(27-14-10-11-15-28(27)39-6-3)40(37,38)25-18-16-24(31)17-19-25/h7-19,26H,4-6,20-22H2,1-3H3,(H,32,36). The molecule has 3 aromatic carbocycles. The van der Waals surface area contributed by atoms with Gasteiger partial charge in [0.2, 0.25) is 11.8 Å². The first-order valence-electron chi connectivity index (χ1n) is 13.3. The highest BCUT2D eigenvalue weighted by Gasteiger charge is 2.34. The van der Waals surface area contributed by atoms with E-state index in [1.807, 2.05) is 44.2 Å². The molecule has 0 spiro atoms. The molecule has 0 heterocycles. The topological polar surface area (TPSA) is 96.0 Å². The van der Waals surface area contributed by atoms with Crippen molar-refractivity contribution in [1.82, 2.24) is 10.2 Å². The van der Waals surface area contributed by atoms with Gasteiger partial charge in [-0.1, -0.05) is 61.0 Å². The van der Waals surface area contributed by atoms with E-state index in [-0.39, 0.29) is 23.0 Å². The summed E-state index contributed by atoms with van der Waals surface area (Å²) >= 11 is 6.02. The van der Waals surface area contributed by atoms with Gasteiger partial charge in [-0.2, -0.15) is 0 Å². The van der Waals surface area contributed by atoms with Gasteiger partial charge in [-0.05, 0) is 68.7 Å². The van der Waals surface area contributed by atoms with Crippen LogP contribution in [0.15, 0.2) is 83.8 Å². The minimum atomic E-state index is -4.22. The maximum atomic E-state index is 14.0. The van der Waals surface area contributed by atoms with E-state index in [2.05, 4.69) is 5.32 Å². The predicted octanol–water partition coefficient (Wildman–Crippen LogP) is 4.92. The molecule has 40 heavy (non-hydrogen) atoms. The average molecular weight is 586 g/mol. The first-order chi connectivity index (χ1) is 19.2. The SMILES string of the molecule is CCNC(=O)C(CC)N(CCc1ccccc1)C(=O)CN(c1ccccc1OCC)S(=O)(=O)c1ccc(Cl)cc1. The molecule has 1 atom stereocenters. The second-order valence-corrected chi connectivity index (χ2v) is 11.3. The van der Waals surface area contributed by atoms with E-state index in [0.717, 1.165) is 9.87 Å². The van der Waals surface area contributed by atoms with E-state index in [9.17, 15) is 18.0 Å². The first-order valence-corrected chi connectivity index (χ1v) is 15.2. The maximum absolute atomic E-state index is 14.0. The number of hydrogen-bond acceptors (Lipinski definition) is 5. The van der Waals surface area contributed by atoms with Gasteiger partial charge in [-0.3, -0.25) is 13.9 Å². The number of nitrogens with zero attached hydrogens (tertiary/aromatic N) is 2. The van der Waals surface area contributed by atoms with E-state index in [1.165, 1.54) is 29.2 Å². The summed E-state index contributed by atoms with van der Waals surface area (Å²) < 4.78 is 34.8. The molecule has 0 fully saturated rings. The van der Waals surface area contributed by atoms with Crippen molar-refractivity contribution in [2.75, 3.05) is 30.5 Å². The smallest absolute Gasteiger partial charge is 0.264 e. The fourth-order valence-electron chi connectivity index (χ4n) is 4.38. The average Bonchev–Trinajstić information content (AvgIpc) is 2.95. The van der Waals surface area contributed by atoms with E-state index < -0.39 is 28.5 Å². The van der Waals surface area contributed by atoms with Crippen LogP contribution in [-0.2, 0) is 26.0 Å². The van der Waals surface area contributed by atoms with E-state index >= 15 is 0 Å². The first kappa shape index (κ1) is 31.0. The third kappa shape index (κ3) is 7.76. The fraction of sp³-hybridized carbons (Fsp3) is 0.333. The molecule has 10 heteroatoms. The van der Waals surface area contributed by atoms with Gasteiger partial charge >= 0.3 is 0 Å². The molecule has 0 aliphatic heterocycles. The van der Waals surface area contributed by atoms with Crippen LogP contribution in [0.25, 0.3) is 0 Å². The van der Waals surface area contributed by atoms with Crippen LogP contribution in [0.1, 0.15) is 32.8 Å². The second-order valence-electron chi connectivity index (χ2n) is 9.01. The largest absolute Gasteiger partial charge is 0.492 e. The van der Waals surface area contributed by atoms with Crippen molar-refractivity contribution in [3.8, 4) is 5.75 Å². The number of nitrogens with one attached hydrogen (secondary N) is 1. The van der Waals surface area contributed by atoms with Gasteiger partial charge in [0.25, 0.3) is 10.0 Å². The van der Waals surface area contributed by atoms with Crippen LogP contribution in [0.2, 0.25) is 5.02 Å². The summed E-state index contributed by atoms with van der Waals surface area (Å²) in [4.78, 5) is 28.5. The molecule has 8 nitrogen and oxygen atoms in total. The van der Waals surface area contributed by atoms with Crippen molar-refractivity contribution in [2.45, 2.75) is 44.6 Å². The highest BCUT2D eigenvalue weighted by Crippen LogP contribution is 2.33. The number of benzene rings is 3. The molecule has 1 unspecified atom stereocenters. The van der Waals surface area contributed by atoms with Gasteiger partial charge in [-0.25, -0.2) is 8.42 Å². The Kier molecular flexibility index (Phi) is 11.4. The summed E-state index contributed by atoms with van der Waals surface area (Å²) in [6.07, 6.45) is 0.869. The molecule has 214 valence electrons. The fourth-order valence-corrected chi connectivity index (χ4v) is 5.93. The number of anilines is 1. The number of amides is 2. The number of halogens is 1. The summed E-state index contributed by atoms with van der Waals surface area (Å²) in [5, 5.41) is 3.19. The Morgan fingerprint density at radius 1 is 0.925 bits per heavy atom. The third-order valence-corrected chi connectivity index (χ3v) is 8.36. The van der Waals surface area contributed by atoms with Crippen molar-refractivity contribution in [1.29, 1.82) is 0 Å². The van der Waals surface area contributed by atoms with Gasteiger partial charge in [0.1, 0.15) is 18.3 Å². The Bertz CT molecular complexity index is 1370. The number of hydrogen-bond donors (Lipinski definition) is 1. The molecule has 0 radical (unpaired) electrons. The van der Waals surface area contributed by atoms with Crippen LogP contribution in [0.5, 0.6) is 5.75 Å². The highest BCUT2D eigenvalue weighted by atomic mass is 35.5. The molecule has 1 N–H and O–H groups in total. The monoisotopic (exact) mass is 585 g/mol. The molecular formula is C30H36ClN3O5S. The number of carbonyl (C=O) groups excluding carboxylic acids is 2. The minimum absolute atomic E-state index is 0.0254. The number of carbonyl (C=O) groups is 2. The maximum Gasteiger partial charge on any atom is 0.264 e. The molecule has 3 rings (SSSR count). The number of likely N-dealkylation sites (N-methyl/N-ethyl adjacent to an activating group) is 1. The summed E-state index contributed by atoms with van der Waals surface area (Å²) in [5.41, 5.74) is 1.22. The minimum Gasteiger partial charge on any atom is -0.492 e. The van der Waals surface area contributed by atoms with Crippen LogP contribution < -0.4 is 14.4 Å². The van der Waals surface area contributed by atoms with Crippen molar-refractivity contribution < 1.29 is 22.7 Å². The van der Waals surface area contributed by atoms with E-state index in [1.54, 1.807) is 31.2 Å². The lowest BCUT2D eigenvalue weighted by Crippen LogP contribution is -2.53. The zero-order chi connectivity index (χ0) is 29.1. The van der Waals surface area contributed by atoms with Gasteiger partial charge < -0.3 is 15.0 Å². The van der Waals surface area contributed by atoms with E-state index in [4.69, 9.17) is 16.3 Å². The quantitative estimate of drug-likeness (QED) is 0.290. The number of ether oxygens (including phenoxy) is 1. The lowest BCUT2D eigenvalue weighted by molar-refractivity contribution is -0.139. The van der Waals surface area contributed by atoms with Gasteiger partial charge in [0.05, 0.1) is 17.2 Å². The number of rotatable bonds is 14. The van der Waals surface area contributed by atoms with Crippen molar-refractivity contribution in [2.24, 2.45) is 0 Å². The van der Waals surface area contributed by atoms with Gasteiger partial charge in [0.15, 0.2) is 0 Å². The Morgan fingerprint density at radius 3 is 2.20 bits per heavy atom. The zero-order valence-electron chi connectivity index (χ0n) is 23.0.